The standard InChI is InChI=1S/C35H32NO.C22H13N2O.Ir/c1-23(2)30-19-27(25-13-7-5-8-14-25)20-31(24(3)4)35(30)28-21-32(26-15-9-6-10-16-26)36-33(22-28)29-17-11-12-18-34(29)37;1-2-10-21-16(7-1)17-13-15(19-8-3-5-11-23-19)14-18(22(17)25-21)20-9-4-6-12-24-20;/h5-15,17-24,37H,1-4H3;1-13H;/q2*-1;. The molecule has 0 spiro atoms. The normalized spacial score (nSPS) is 11.1. The topological polar surface area (TPSA) is 72.0 Å². The number of aromatic nitrogens is 3. The van der Waals surface area contributed by atoms with Crippen molar-refractivity contribution in [3.05, 3.63) is 206 Å². The van der Waals surface area contributed by atoms with E-state index in [1.54, 1.807) is 18.5 Å². The van der Waals surface area contributed by atoms with Crippen molar-refractivity contribution < 1.29 is 29.6 Å². The van der Waals surface area contributed by atoms with Crippen LogP contribution in [0.3, 0.4) is 0 Å². The molecule has 1 radical (unpaired) electrons. The largest absolute Gasteiger partial charge is 0.507 e. The molecule has 0 saturated carbocycles. The van der Waals surface area contributed by atoms with Gasteiger partial charge in [0.2, 0.25) is 0 Å². The van der Waals surface area contributed by atoms with Gasteiger partial charge in [0.1, 0.15) is 11.3 Å². The molecular weight excluding hydrogens is 951 g/mol. The van der Waals surface area contributed by atoms with Crippen molar-refractivity contribution in [2.45, 2.75) is 39.5 Å². The second-order valence-corrected chi connectivity index (χ2v) is 16.0. The molecule has 0 aliphatic heterocycles. The minimum Gasteiger partial charge on any atom is -0.507 e. The van der Waals surface area contributed by atoms with Crippen LogP contribution < -0.4 is 0 Å². The summed E-state index contributed by atoms with van der Waals surface area (Å²) in [4.78, 5) is 13.9. The Morgan fingerprint density at radius 3 is 1.83 bits per heavy atom. The summed E-state index contributed by atoms with van der Waals surface area (Å²) in [6.45, 7) is 9.03. The zero-order valence-electron chi connectivity index (χ0n) is 35.5. The molecule has 4 aromatic heterocycles. The number of hydrogen-bond acceptors (Lipinski definition) is 5. The molecule has 63 heavy (non-hydrogen) atoms. The summed E-state index contributed by atoms with van der Waals surface area (Å²) in [5.74, 6) is 0.872. The van der Waals surface area contributed by atoms with Crippen molar-refractivity contribution in [3.63, 3.8) is 0 Å². The molecule has 0 bridgehead atoms. The summed E-state index contributed by atoms with van der Waals surface area (Å²) < 4.78 is 6.14. The first-order valence-electron chi connectivity index (χ1n) is 21.0. The maximum atomic E-state index is 10.7. The van der Waals surface area contributed by atoms with Crippen LogP contribution in [-0.2, 0) is 20.1 Å². The van der Waals surface area contributed by atoms with Crippen LogP contribution in [0.2, 0.25) is 0 Å². The molecule has 6 heteroatoms. The van der Waals surface area contributed by atoms with Crippen LogP contribution in [0.25, 0.3) is 89.2 Å². The molecule has 0 unspecified atom stereocenters. The van der Waals surface area contributed by atoms with Crippen LogP contribution in [0, 0.1) is 12.1 Å². The van der Waals surface area contributed by atoms with Crippen molar-refractivity contribution in [3.8, 4) is 73.0 Å². The summed E-state index contributed by atoms with van der Waals surface area (Å²) >= 11 is 0. The van der Waals surface area contributed by atoms with Crippen molar-refractivity contribution >= 4 is 21.9 Å². The van der Waals surface area contributed by atoms with Gasteiger partial charge < -0.3 is 9.52 Å². The Balaban J connectivity index is 0.000000182. The molecule has 5 nitrogen and oxygen atoms in total. The second kappa shape index (κ2) is 19.0. The average Bonchev–Trinajstić information content (AvgIpc) is 3.71. The van der Waals surface area contributed by atoms with Gasteiger partial charge in [-0.05, 0) is 92.7 Å². The predicted molar refractivity (Wildman–Crippen MR) is 254 cm³/mol. The molecule has 10 rings (SSSR count). The van der Waals surface area contributed by atoms with Crippen molar-refractivity contribution in [1.29, 1.82) is 0 Å². The van der Waals surface area contributed by atoms with Gasteiger partial charge in [-0.15, -0.1) is 48.0 Å². The Hall–Kier alpha value is -6.98. The fourth-order valence-corrected chi connectivity index (χ4v) is 8.04. The third-order valence-electron chi connectivity index (χ3n) is 11.1. The molecule has 0 fully saturated rings. The molecule has 6 aromatic carbocycles. The zero-order chi connectivity index (χ0) is 42.6. The Morgan fingerprint density at radius 1 is 0.524 bits per heavy atom. The van der Waals surface area contributed by atoms with Crippen LogP contribution in [0.1, 0.15) is 50.7 Å². The van der Waals surface area contributed by atoms with Crippen LogP contribution in [-0.4, -0.2) is 20.1 Å². The number of nitrogens with zero attached hydrogens (tertiary/aromatic N) is 3. The first-order chi connectivity index (χ1) is 30.3. The van der Waals surface area contributed by atoms with Crippen LogP contribution in [0.5, 0.6) is 5.75 Å². The van der Waals surface area contributed by atoms with Gasteiger partial charge in [-0.25, -0.2) is 0 Å². The maximum Gasteiger partial charge on any atom is 0.124 e. The Bertz CT molecular complexity index is 3100. The van der Waals surface area contributed by atoms with Gasteiger partial charge in [0.15, 0.2) is 0 Å². The molecule has 0 saturated heterocycles. The third kappa shape index (κ3) is 9.01. The first-order valence-corrected chi connectivity index (χ1v) is 21.0. The number of hydrogen-bond donors (Lipinski definition) is 1. The van der Waals surface area contributed by atoms with Crippen LogP contribution in [0.4, 0.5) is 0 Å². The van der Waals surface area contributed by atoms with Gasteiger partial charge in [0.25, 0.3) is 0 Å². The van der Waals surface area contributed by atoms with Gasteiger partial charge in [-0.1, -0.05) is 142 Å². The summed E-state index contributed by atoms with van der Waals surface area (Å²) in [7, 11) is 0. The monoisotopic (exact) mass is 996 g/mol. The summed E-state index contributed by atoms with van der Waals surface area (Å²) in [5, 5.41) is 12.8. The van der Waals surface area contributed by atoms with E-state index in [-0.39, 0.29) is 25.9 Å². The second-order valence-electron chi connectivity index (χ2n) is 16.0. The SMILES string of the molecule is CC(C)c1cc(-c2ccccc2)cc(C(C)C)c1-c1cc(-c2[c-]cccc2)nc(-c2ccccc2O)c1.[Ir].[c-]1c(-c2ccccn2)cc2c(oc3ccccc32)c1-c1ccccn1. The number of aromatic hydroxyl groups is 1. The van der Waals surface area contributed by atoms with Gasteiger partial charge in [-0.2, -0.15) is 0 Å². The zero-order valence-corrected chi connectivity index (χ0v) is 37.9. The summed E-state index contributed by atoms with van der Waals surface area (Å²) in [5.41, 5.74) is 15.8. The summed E-state index contributed by atoms with van der Waals surface area (Å²) in [6, 6.07) is 63.6. The predicted octanol–water partition coefficient (Wildman–Crippen LogP) is 15.0. The number of phenols is 1. The molecule has 0 aliphatic rings. The number of fused-ring (bicyclic) bond motifs is 3. The number of rotatable bonds is 8. The molecule has 4 heterocycles. The van der Waals surface area contributed by atoms with E-state index in [1.165, 1.54) is 27.8 Å². The van der Waals surface area contributed by atoms with Gasteiger partial charge >= 0.3 is 0 Å². The van der Waals surface area contributed by atoms with Gasteiger partial charge in [0, 0.05) is 54.8 Å². The van der Waals surface area contributed by atoms with E-state index in [4.69, 9.17) is 9.40 Å². The fourth-order valence-electron chi connectivity index (χ4n) is 8.04. The number of benzene rings is 6. The van der Waals surface area contributed by atoms with E-state index in [0.717, 1.165) is 72.5 Å². The number of furan rings is 1. The van der Waals surface area contributed by atoms with E-state index in [1.807, 2.05) is 97.1 Å². The number of para-hydroxylation sites is 2. The van der Waals surface area contributed by atoms with Crippen molar-refractivity contribution in [2.75, 3.05) is 0 Å². The van der Waals surface area contributed by atoms with Crippen molar-refractivity contribution in [2.24, 2.45) is 0 Å². The molecule has 0 atom stereocenters. The van der Waals surface area contributed by atoms with Crippen LogP contribution in [0.15, 0.2) is 187 Å². The minimum absolute atomic E-state index is 0. The number of phenolic OH excluding ortho intramolecular Hbond substituents is 1. The average molecular weight is 996 g/mol. The molecular formula is C57H45IrN3O2-2. The Labute approximate surface area is 382 Å². The fraction of sp³-hybridized carbons (Fsp3) is 0.105. The molecule has 311 valence electrons. The third-order valence-corrected chi connectivity index (χ3v) is 11.1. The summed E-state index contributed by atoms with van der Waals surface area (Å²) in [6.07, 6.45) is 3.58. The van der Waals surface area contributed by atoms with Gasteiger partial charge in [0.05, 0.1) is 11.3 Å². The quantitative estimate of drug-likeness (QED) is 0.154. The minimum atomic E-state index is 0. The van der Waals surface area contributed by atoms with Crippen molar-refractivity contribution in [1.82, 2.24) is 15.0 Å². The van der Waals surface area contributed by atoms with Crippen LogP contribution >= 0.6 is 0 Å². The van der Waals surface area contributed by atoms with E-state index in [0.29, 0.717) is 11.8 Å². The van der Waals surface area contributed by atoms with E-state index in [2.05, 4.69) is 117 Å². The smallest absolute Gasteiger partial charge is 0.124 e. The Morgan fingerprint density at radius 2 is 1.16 bits per heavy atom. The number of pyridine rings is 3. The first kappa shape index (κ1) is 42.7. The molecule has 0 amide bonds. The van der Waals surface area contributed by atoms with E-state index >= 15 is 0 Å². The molecule has 0 aliphatic carbocycles. The van der Waals surface area contributed by atoms with Gasteiger partial charge in [-0.3, -0.25) is 15.0 Å². The van der Waals surface area contributed by atoms with E-state index in [9.17, 15) is 5.11 Å². The molecule has 1 N–H and O–H groups in total. The molecule has 10 aromatic rings. The Kier molecular flexibility index (Phi) is 12.9. The van der Waals surface area contributed by atoms with E-state index < -0.39 is 0 Å². The maximum absolute atomic E-state index is 10.7.